The van der Waals surface area contributed by atoms with E-state index in [1.54, 1.807) is 0 Å². The van der Waals surface area contributed by atoms with E-state index in [0.717, 1.165) is 24.0 Å². The molecule has 0 heterocycles. The van der Waals surface area contributed by atoms with Crippen LogP contribution in [0.1, 0.15) is 18.4 Å². The summed E-state index contributed by atoms with van der Waals surface area (Å²) in [4.78, 5) is 11.8. The highest BCUT2D eigenvalue weighted by Gasteiger charge is 2.08. The summed E-state index contributed by atoms with van der Waals surface area (Å²) in [5, 5.41) is 3.59. The quantitative estimate of drug-likeness (QED) is 0.817. The zero-order valence-electron chi connectivity index (χ0n) is 9.45. The van der Waals surface area contributed by atoms with Crippen LogP contribution in [-0.2, 0) is 11.3 Å². The summed E-state index contributed by atoms with van der Waals surface area (Å²) < 4.78 is 0. The Morgan fingerprint density at radius 1 is 1.35 bits per heavy atom. The van der Waals surface area contributed by atoms with Crippen LogP contribution in [0.3, 0.4) is 0 Å². The molecule has 3 heteroatoms. The minimum absolute atomic E-state index is 0.00863. The fraction of sp³-hybridized carbons (Fsp3) is 0.214. The average Bonchev–Trinajstić information content (AvgIpc) is 2.37. The van der Waals surface area contributed by atoms with Gasteiger partial charge >= 0.3 is 0 Å². The van der Waals surface area contributed by atoms with Gasteiger partial charge in [0, 0.05) is 17.1 Å². The van der Waals surface area contributed by atoms with Crippen molar-refractivity contribution in [3.8, 4) is 0 Å². The lowest BCUT2D eigenvalue weighted by molar-refractivity contribution is -0.117. The van der Waals surface area contributed by atoms with Crippen molar-refractivity contribution in [3.05, 3.63) is 58.7 Å². The van der Waals surface area contributed by atoms with Gasteiger partial charge in [0.05, 0.1) is 0 Å². The van der Waals surface area contributed by atoms with Crippen LogP contribution in [0.2, 0.25) is 5.02 Å². The van der Waals surface area contributed by atoms with Crippen LogP contribution in [-0.4, -0.2) is 5.91 Å². The maximum absolute atomic E-state index is 11.8. The number of halogens is 1. The number of amides is 1. The Kier molecular flexibility index (Phi) is 3.99. The number of rotatable bonds is 3. The van der Waals surface area contributed by atoms with Crippen molar-refractivity contribution >= 4 is 17.5 Å². The van der Waals surface area contributed by atoms with Crippen LogP contribution in [0.15, 0.2) is 48.1 Å². The van der Waals surface area contributed by atoms with E-state index in [0.29, 0.717) is 11.6 Å². The van der Waals surface area contributed by atoms with Crippen LogP contribution >= 0.6 is 11.6 Å². The molecule has 0 saturated carbocycles. The lowest BCUT2D eigenvalue weighted by atomic mass is 10.1. The number of nitrogens with one attached hydrogen (secondary N) is 1. The summed E-state index contributed by atoms with van der Waals surface area (Å²) >= 11 is 5.88. The standard InChI is InChI=1S/C14H14ClNO/c15-13-8-4-5-11(9-13)10-16-14(17)12-6-2-1-3-7-12/h1-2,4-5,7-9H,3,6,10H2,(H,16,17). The summed E-state index contributed by atoms with van der Waals surface area (Å²) in [6.07, 6.45) is 7.62. The van der Waals surface area contributed by atoms with Crippen molar-refractivity contribution in [3.63, 3.8) is 0 Å². The molecule has 2 rings (SSSR count). The molecule has 1 amide bonds. The van der Waals surface area contributed by atoms with Crippen LogP contribution < -0.4 is 5.32 Å². The van der Waals surface area contributed by atoms with E-state index in [4.69, 9.17) is 11.6 Å². The van der Waals surface area contributed by atoms with E-state index in [1.165, 1.54) is 0 Å². The highest BCUT2D eigenvalue weighted by atomic mass is 35.5. The van der Waals surface area contributed by atoms with Crippen LogP contribution in [0.25, 0.3) is 0 Å². The van der Waals surface area contributed by atoms with Crippen LogP contribution in [0.5, 0.6) is 0 Å². The monoisotopic (exact) mass is 247 g/mol. The highest BCUT2D eigenvalue weighted by molar-refractivity contribution is 6.30. The molecule has 1 aliphatic rings. The molecule has 1 aromatic carbocycles. The van der Waals surface area contributed by atoms with Crippen molar-refractivity contribution in [2.45, 2.75) is 19.4 Å². The molecule has 88 valence electrons. The number of hydrogen-bond acceptors (Lipinski definition) is 1. The van der Waals surface area contributed by atoms with Gasteiger partial charge in [0.2, 0.25) is 5.91 Å². The maximum atomic E-state index is 11.8. The summed E-state index contributed by atoms with van der Waals surface area (Å²) in [5.74, 6) is 0.00863. The average molecular weight is 248 g/mol. The maximum Gasteiger partial charge on any atom is 0.247 e. The number of carbonyl (C=O) groups is 1. The van der Waals surface area contributed by atoms with Gasteiger partial charge in [0.1, 0.15) is 0 Å². The second-order valence-electron chi connectivity index (χ2n) is 3.95. The van der Waals surface area contributed by atoms with E-state index in [2.05, 4.69) is 11.4 Å². The van der Waals surface area contributed by atoms with Gasteiger partial charge in [-0.1, -0.05) is 42.0 Å². The fourth-order valence-electron chi connectivity index (χ4n) is 1.73. The van der Waals surface area contributed by atoms with Crippen molar-refractivity contribution in [2.24, 2.45) is 0 Å². The molecule has 0 aliphatic heterocycles. The van der Waals surface area contributed by atoms with Gasteiger partial charge in [-0.3, -0.25) is 4.79 Å². The van der Waals surface area contributed by atoms with Crippen molar-refractivity contribution < 1.29 is 4.79 Å². The third-order valence-corrected chi connectivity index (χ3v) is 2.87. The lowest BCUT2D eigenvalue weighted by Gasteiger charge is -2.09. The van der Waals surface area contributed by atoms with Crippen LogP contribution in [0.4, 0.5) is 0 Å². The smallest absolute Gasteiger partial charge is 0.247 e. The molecule has 0 fully saturated rings. The minimum Gasteiger partial charge on any atom is -0.348 e. The number of allylic oxidation sites excluding steroid dienone is 3. The van der Waals surface area contributed by atoms with E-state index < -0.39 is 0 Å². The Balaban J connectivity index is 1.90. The van der Waals surface area contributed by atoms with E-state index >= 15 is 0 Å². The van der Waals surface area contributed by atoms with E-state index in [9.17, 15) is 4.79 Å². The summed E-state index contributed by atoms with van der Waals surface area (Å²) in [7, 11) is 0. The largest absolute Gasteiger partial charge is 0.348 e. The van der Waals surface area contributed by atoms with Crippen LogP contribution in [0, 0.1) is 0 Å². The molecule has 1 N–H and O–H groups in total. The van der Waals surface area contributed by atoms with Gasteiger partial charge in [0.15, 0.2) is 0 Å². The van der Waals surface area contributed by atoms with Crippen molar-refractivity contribution in [1.29, 1.82) is 0 Å². The summed E-state index contributed by atoms with van der Waals surface area (Å²) in [5.41, 5.74) is 1.85. The Bertz CT molecular complexity index is 477. The normalized spacial score (nSPS) is 14.3. The highest BCUT2D eigenvalue weighted by Crippen LogP contribution is 2.12. The Hall–Kier alpha value is -1.54. The molecule has 17 heavy (non-hydrogen) atoms. The topological polar surface area (TPSA) is 29.1 Å². The predicted molar refractivity (Wildman–Crippen MR) is 69.8 cm³/mol. The molecule has 1 aliphatic carbocycles. The number of hydrogen-bond donors (Lipinski definition) is 1. The Labute approximate surface area is 106 Å². The molecule has 0 radical (unpaired) electrons. The number of carbonyl (C=O) groups excluding carboxylic acids is 1. The molecule has 0 unspecified atom stereocenters. The molecule has 0 bridgehead atoms. The summed E-state index contributed by atoms with van der Waals surface area (Å²) in [6, 6.07) is 7.51. The molecule has 0 saturated heterocycles. The van der Waals surface area contributed by atoms with Gasteiger partial charge < -0.3 is 5.32 Å². The Morgan fingerprint density at radius 3 is 2.94 bits per heavy atom. The first-order chi connectivity index (χ1) is 8.25. The molecule has 0 atom stereocenters. The van der Waals surface area contributed by atoms with Gasteiger partial charge in [-0.15, -0.1) is 0 Å². The first-order valence-corrected chi connectivity index (χ1v) is 6.00. The Morgan fingerprint density at radius 2 is 2.24 bits per heavy atom. The third kappa shape index (κ3) is 3.46. The number of benzene rings is 1. The predicted octanol–water partition coefficient (Wildman–Crippen LogP) is 3.23. The molecular weight excluding hydrogens is 234 g/mol. The molecule has 0 aromatic heterocycles. The van der Waals surface area contributed by atoms with Crippen molar-refractivity contribution in [2.75, 3.05) is 0 Å². The van der Waals surface area contributed by atoms with Gasteiger partial charge in [-0.2, -0.15) is 0 Å². The third-order valence-electron chi connectivity index (χ3n) is 2.64. The fourth-order valence-corrected chi connectivity index (χ4v) is 1.94. The second kappa shape index (κ2) is 5.69. The molecule has 1 aromatic rings. The zero-order valence-corrected chi connectivity index (χ0v) is 10.2. The van der Waals surface area contributed by atoms with Gasteiger partial charge in [0.25, 0.3) is 0 Å². The first kappa shape index (κ1) is 11.9. The van der Waals surface area contributed by atoms with Crippen molar-refractivity contribution in [1.82, 2.24) is 5.32 Å². The summed E-state index contributed by atoms with van der Waals surface area (Å²) in [6.45, 7) is 0.514. The molecular formula is C14H14ClNO. The minimum atomic E-state index is 0.00863. The molecule has 2 nitrogen and oxygen atoms in total. The molecule has 0 spiro atoms. The second-order valence-corrected chi connectivity index (χ2v) is 4.39. The first-order valence-electron chi connectivity index (χ1n) is 5.62. The van der Waals surface area contributed by atoms with Gasteiger partial charge in [-0.05, 0) is 30.5 Å². The lowest BCUT2D eigenvalue weighted by Crippen LogP contribution is -2.24. The zero-order chi connectivity index (χ0) is 12.1. The van der Waals surface area contributed by atoms with Gasteiger partial charge in [-0.25, -0.2) is 0 Å². The SMILES string of the molecule is O=C(NCc1cccc(Cl)c1)C1=CCC=CC1. The van der Waals surface area contributed by atoms with E-state index in [-0.39, 0.29) is 5.91 Å². The van der Waals surface area contributed by atoms with E-state index in [1.807, 2.05) is 36.4 Å².